The summed E-state index contributed by atoms with van der Waals surface area (Å²) in [4.78, 5) is 20.9. The minimum atomic E-state index is -0.290. The van der Waals surface area contributed by atoms with E-state index < -0.39 is 0 Å². The Hall–Kier alpha value is -1.97. The van der Waals surface area contributed by atoms with Crippen molar-refractivity contribution in [3.05, 3.63) is 58.3 Å². The van der Waals surface area contributed by atoms with Gasteiger partial charge in [0.15, 0.2) is 0 Å². The Morgan fingerprint density at radius 1 is 0.875 bits per heavy atom. The van der Waals surface area contributed by atoms with Crippen molar-refractivity contribution in [3.8, 4) is 0 Å². The van der Waals surface area contributed by atoms with Crippen LogP contribution in [0, 0.1) is 10.1 Å². The maximum absolute atomic E-state index is 11.0. The molecule has 0 rings (SSSR count). The summed E-state index contributed by atoms with van der Waals surface area (Å²) in [5.74, 6) is 0. The van der Waals surface area contributed by atoms with Crippen LogP contribution in [-0.4, -0.2) is 11.2 Å². The van der Waals surface area contributed by atoms with Gasteiger partial charge in [0.1, 0.15) is 6.29 Å². The summed E-state index contributed by atoms with van der Waals surface area (Å²) in [5.41, 5.74) is 0.272. The molecule has 0 atom stereocenters. The fourth-order valence-corrected chi connectivity index (χ4v) is 2.14. The first kappa shape index (κ1) is 22.0. The lowest BCUT2D eigenvalue weighted by molar-refractivity contribution is -0.427. The lowest BCUT2D eigenvalue weighted by Gasteiger charge is -1.97. The summed E-state index contributed by atoms with van der Waals surface area (Å²) in [6.07, 6.45) is 23.4. The molecule has 0 spiro atoms. The average Bonchev–Trinajstić information content (AvgIpc) is 2.57. The second kappa shape index (κ2) is 17.4. The highest BCUT2D eigenvalue weighted by molar-refractivity contribution is 5.48. The molecule has 4 nitrogen and oxygen atoms in total. The van der Waals surface area contributed by atoms with Gasteiger partial charge < -0.3 is 4.79 Å². The predicted molar refractivity (Wildman–Crippen MR) is 100 cm³/mol. The minimum Gasteiger partial charge on any atom is -0.303 e. The van der Waals surface area contributed by atoms with E-state index in [9.17, 15) is 14.9 Å². The zero-order chi connectivity index (χ0) is 17.9. The van der Waals surface area contributed by atoms with E-state index in [0.29, 0.717) is 12.8 Å². The van der Waals surface area contributed by atoms with Gasteiger partial charge in [0.2, 0.25) is 5.70 Å². The second-order valence-corrected chi connectivity index (χ2v) is 5.61. The normalized spacial score (nSPS) is 12.6. The van der Waals surface area contributed by atoms with E-state index in [2.05, 4.69) is 31.2 Å². The monoisotopic (exact) mass is 333 g/mol. The third-order valence-corrected chi connectivity index (χ3v) is 3.50. The molecular weight excluding hydrogens is 302 g/mol. The molecule has 0 aromatic rings. The summed E-state index contributed by atoms with van der Waals surface area (Å²) in [6.45, 7) is 2.11. The summed E-state index contributed by atoms with van der Waals surface area (Å²) >= 11 is 0. The lowest BCUT2D eigenvalue weighted by atomic mass is 10.1. The summed E-state index contributed by atoms with van der Waals surface area (Å²) < 4.78 is 0. The van der Waals surface area contributed by atoms with Crippen molar-refractivity contribution in [1.29, 1.82) is 0 Å². The van der Waals surface area contributed by atoms with Crippen molar-refractivity contribution in [2.45, 2.75) is 71.1 Å². The van der Waals surface area contributed by atoms with Gasteiger partial charge >= 0.3 is 0 Å². The number of unbranched alkanes of at least 4 members (excludes halogenated alkanes) is 5. The van der Waals surface area contributed by atoms with Crippen LogP contribution < -0.4 is 0 Å². The highest BCUT2D eigenvalue weighted by Gasteiger charge is 2.06. The van der Waals surface area contributed by atoms with Gasteiger partial charge in [-0.1, -0.05) is 56.2 Å². The third kappa shape index (κ3) is 14.9. The van der Waals surface area contributed by atoms with Gasteiger partial charge in [-0.25, -0.2) is 0 Å². The van der Waals surface area contributed by atoms with E-state index in [4.69, 9.17) is 0 Å². The molecule has 0 saturated heterocycles. The molecule has 0 amide bonds. The van der Waals surface area contributed by atoms with Crippen molar-refractivity contribution in [2.75, 3.05) is 0 Å². The standard InChI is InChI=1S/C20H31NO3/c1-2-3-4-5-6-7-8-11-14-17-20(21(23)24)18-15-12-9-10-13-16-19-22/h3-4,6-7,11,14,18-19H,2,5,8-10,12-13,15-17H2,1H3/b4-3+,7-6+,14-11+,20-18-. The third-order valence-electron chi connectivity index (χ3n) is 3.50. The number of carbonyl (C=O) groups excluding carboxylic acids is 1. The zero-order valence-corrected chi connectivity index (χ0v) is 14.9. The lowest BCUT2D eigenvalue weighted by Crippen LogP contribution is -1.97. The summed E-state index contributed by atoms with van der Waals surface area (Å²) in [6, 6.07) is 0. The number of allylic oxidation sites excluding steroid dienone is 7. The van der Waals surface area contributed by atoms with Gasteiger partial charge in [0.25, 0.3) is 0 Å². The van der Waals surface area contributed by atoms with Crippen LogP contribution in [0.15, 0.2) is 48.2 Å². The molecule has 0 heterocycles. The van der Waals surface area contributed by atoms with Gasteiger partial charge in [0.05, 0.1) is 11.3 Å². The van der Waals surface area contributed by atoms with Crippen LogP contribution in [0.2, 0.25) is 0 Å². The van der Waals surface area contributed by atoms with Crippen LogP contribution >= 0.6 is 0 Å². The van der Waals surface area contributed by atoms with Crippen molar-refractivity contribution in [2.24, 2.45) is 0 Å². The SMILES string of the molecule is CC/C=C/C/C=C/C/C=C/C/C(=C/CCCCCCC=O)[N+](=O)[O-]. The Bertz CT molecular complexity index is 448. The molecule has 0 aromatic carbocycles. The van der Waals surface area contributed by atoms with Crippen molar-refractivity contribution in [3.63, 3.8) is 0 Å². The molecule has 0 aliphatic carbocycles. The molecule has 4 heteroatoms. The van der Waals surface area contributed by atoms with Crippen molar-refractivity contribution < 1.29 is 9.72 Å². The Balaban J connectivity index is 3.95. The van der Waals surface area contributed by atoms with Crippen LogP contribution in [0.25, 0.3) is 0 Å². The van der Waals surface area contributed by atoms with Crippen LogP contribution in [0.3, 0.4) is 0 Å². The van der Waals surface area contributed by atoms with Gasteiger partial charge in [-0.15, -0.1) is 0 Å². The van der Waals surface area contributed by atoms with Gasteiger partial charge in [-0.3, -0.25) is 10.1 Å². The number of carbonyl (C=O) groups is 1. The molecular formula is C20H31NO3. The van der Waals surface area contributed by atoms with Crippen LogP contribution in [0.1, 0.15) is 71.1 Å². The molecule has 24 heavy (non-hydrogen) atoms. The van der Waals surface area contributed by atoms with Gasteiger partial charge in [0, 0.05) is 6.42 Å². The molecule has 0 saturated carbocycles. The number of aldehydes is 1. The average molecular weight is 333 g/mol. The Morgan fingerprint density at radius 2 is 1.46 bits per heavy atom. The Labute approximate surface area is 146 Å². The molecule has 0 N–H and O–H groups in total. The van der Waals surface area contributed by atoms with Crippen LogP contribution in [-0.2, 0) is 4.79 Å². The van der Waals surface area contributed by atoms with Crippen LogP contribution in [0.5, 0.6) is 0 Å². The Morgan fingerprint density at radius 3 is 2.04 bits per heavy atom. The molecule has 0 bridgehead atoms. The molecule has 0 aliphatic rings. The molecule has 0 unspecified atom stereocenters. The molecule has 0 fully saturated rings. The maximum Gasteiger partial charge on any atom is 0.246 e. The number of rotatable bonds is 15. The zero-order valence-electron chi connectivity index (χ0n) is 14.9. The van der Waals surface area contributed by atoms with E-state index in [-0.39, 0.29) is 10.6 Å². The fraction of sp³-hybridized carbons (Fsp3) is 0.550. The van der Waals surface area contributed by atoms with Gasteiger partial charge in [-0.2, -0.15) is 0 Å². The first-order valence-corrected chi connectivity index (χ1v) is 8.94. The number of hydrogen-bond acceptors (Lipinski definition) is 3. The topological polar surface area (TPSA) is 60.2 Å². The molecule has 0 radical (unpaired) electrons. The highest BCUT2D eigenvalue weighted by atomic mass is 16.6. The quantitative estimate of drug-likeness (QED) is 0.123. The fourth-order valence-electron chi connectivity index (χ4n) is 2.14. The first-order chi connectivity index (χ1) is 11.7. The van der Waals surface area contributed by atoms with E-state index in [0.717, 1.165) is 57.7 Å². The number of hydrogen-bond donors (Lipinski definition) is 0. The van der Waals surface area contributed by atoms with E-state index in [1.54, 1.807) is 6.08 Å². The van der Waals surface area contributed by atoms with Crippen molar-refractivity contribution >= 4 is 6.29 Å². The Kier molecular flexibility index (Phi) is 16.0. The maximum atomic E-state index is 11.0. The smallest absolute Gasteiger partial charge is 0.246 e. The number of nitro groups is 1. The van der Waals surface area contributed by atoms with Gasteiger partial charge in [-0.05, 0) is 44.6 Å². The van der Waals surface area contributed by atoms with E-state index in [1.807, 2.05) is 12.2 Å². The second-order valence-electron chi connectivity index (χ2n) is 5.61. The highest BCUT2D eigenvalue weighted by Crippen LogP contribution is 2.10. The molecule has 0 aromatic heterocycles. The van der Waals surface area contributed by atoms with E-state index in [1.165, 1.54) is 0 Å². The molecule has 134 valence electrons. The number of nitrogens with zero attached hydrogens (tertiary/aromatic N) is 1. The summed E-state index contributed by atoms with van der Waals surface area (Å²) in [5, 5.41) is 11.0. The first-order valence-electron chi connectivity index (χ1n) is 8.94. The van der Waals surface area contributed by atoms with E-state index >= 15 is 0 Å². The largest absolute Gasteiger partial charge is 0.303 e. The van der Waals surface area contributed by atoms with Crippen LogP contribution in [0.4, 0.5) is 0 Å². The minimum absolute atomic E-state index is 0.272. The molecule has 0 aliphatic heterocycles. The van der Waals surface area contributed by atoms with Crippen molar-refractivity contribution in [1.82, 2.24) is 0 Å². The summed E-state index contributed by atoms with van der Waals surface area (Å²) in [7, 11) is 0. The predicted octanol–water partition coefficient (Wildman–Crippen LogP) is 5.94.